The summed E-state index contributed by atoms with van der Waals surface area (Å²) in [6.45, 7) is 7.42. The van der Waals surface area contributed by atoms with Gasteiger partial charge in [0.05, 0.1) is 18.4 Å². The van der Waals surface area contributed by atoms with E-state index >= 15 is 0 Å². The number of hydrogen-bond acceptors (Lipinski definition) is 5. The lowest BCUT2D eigenvalue weighted by Gasteiger charge is -2.22. The van der Waals surface area contributed by atoms with Gasteiger partial charge in [0.2, 0.25) is 0 Å². The Balaban J connectivity index is 1.38. The zero-order chi connectivity index (χ0) is 19.5. The van der Waals surface area contributed by atoms with Gasteiger partial charge >= 0.3 is 0 Å². The number of methoxy groups -OCH3 is 1. The molecule has 2 saturated heterocycles. The van der Waals surface area contributed by atoms with Crippen molar-refractivity contribution in [3.8, 4) is 5.75 Å². The molecule has 1 amide bonds. The molecule has 4 rings (SSSR count). The Morgan fingerprint density at radius 1 is 1.21 bits per heavy atom. The van der Waals surface area contributed by atoms with Gasteiger partial charge in [-0.3, -0.25) is 4.79 Å². The average Bonchev–Trinajstić information content (AvgIpc) is 3.42. The molecule has 3 aliphatic heterocycles. The number of carbonyl (C=O) groups excluding carboxylic acids is 1. The molecule has 2 unspecified atom stereocenters. The molecular formula is C22H25N3O3. The van der Waals surface area contributed by atoms with E-state index in [4.69, 9.17) is 9.47 Å². The van der Waals surface area contributed by atoms with Gasteiger partial charge in [-0.1, -0.05) is 36.9 Å². The van der Waals surface area contributed by atoms with Crippen molar-refractivity contribution in [1.29, 1.82) is 0 Å². The van der Waals surface area contributed by atoms with Crippen molar-refractivity contribution in [2.24, 2.45) is 16.8 Å². The average molecular weight is 379 g/mol. The molecule has 2 fully saturated rings. The van der Waals surface area contributed by atoms with Crippen LogP contribution in [0.1, 0.15) is 10.4 Å². The standard InChI is InChI=1S/C22H25N3O3/c1-3-4-5-8-18-15-28-22(23-18)25-13-16-11-24(12-17(16)14-25)21(26)19-9-6-7-10-20(19)27-2/h3-10,16-17H,1,11-15H2,2H3/b5-4-,18-8+. The molecule has 2 atom stereocenters. The molecule has 0 N–H and O–H groups in total. The molecular weight excluding hydrogens is 354 g/mol. The molecule has 6 nitrogen and oxygen atoms in total. The molecule has 0 bridgehead atoms. The lowest BCUT2D eigenvalue weighted by Crippen LogP contribution is -2.35. The number of hydrogen-bond donors (Lipinski definition) is 0. The Labute approximate surface area is 165 Å². The molecule has 3 heterocycles. The largest absolute Gasteiger partial charge is 0.496 e. The van der Waals surface area contributed by atoms with Crippen LogP contribution in [0.5, 0.6) is 5.75 Å². The van der Waals surface area contributed by atoms with Crippen molar-refractivity contribution in [2.75, 3.05) is 39.9 Å². The molecule has 0 aliphatic carbocycles. The summed E-state index contributed by atoms with van der Waals surface area (Å²) in [5.74, 6) is 1.56. The Morgan fingerprint density at radius 2 is 1.96 bits per heavy atom. The van der Waals surface area contributed by atoms with E-state index in [0.29, 0.717) is 35.8 Å². The maximum atomic E-state index is 12.9. The summed E-state index contributed by atoms with van der Waals surface area (Å²) in [6.07, 6.45) is 7.46. The van der Waals surface area contributed by atoms with Crippen LogP contribution in [0.15, 0.2) is 65.8 Å². The van der Waals surface area contributed by atoms with Crippen molar-refractivity contribution in [1.82, 2.24) is 9.80 Å². The summed E-state index contributed by atoms with van der Waals surface area (Å²) in [6, 6.07) is 8.12. The van der Waals surface area contributed by atoms with Crippen LogP contribution in [0.4, 0.5) is 0 Å². The second kappa shape index (κ2) is 7.92. The number of allylic oxidation sites excluding steroid dienone is 4. The fourth-order valence-corrected chi connectivity index (χ4v) is 4.13. The van der Waals surface area contributed by atoms with Gasteiger partial charge in [0.25, 0.3) is 11.9 Å². The number of likely N-dealkylation sites (tertiary alicyclic amines) is 2. The van der Waals surface area contributed by atoms with Gasteiger partial charge in [0, 0.05) is 38.0 Å². The number of nitrogens with zero attached hydrogens (tertiary/aromatic N) is 3. The normalized spacial score (nSPS) is 25.2. The first-order valence-electron chi connectivity index (χ1n) is 9.56. The Bertz CT molecular complexity index is 844. The lowest BCUT2D eigenvalue weighted by atomic mass is 10.0. The smallest absolute Gasteiger partial charge is 0.292 e. The van der Waals surface area contributed by atoms with E-state index in [2.05, 4.69) is 16.5 Å². The van der Waals surface area contributed by atoms with Crippen LogP contribution >= 0.6 is 0 Å². The first-order chi connectivity index (χ1) is 13.7. The van der Waals surface area contributed by atoms with E-state index in [0.717, 1.165) is 31.9 Å². The van der Waals surface area contributed by atoms with Gasteiger partial charge in [0.1, 0.15) is 12.4 Å². The highest BCUT2D eigenvalue weighted by molar-refractivity contribution is 5.97. The Kier molecular flexibility index (Phi) is 5.19. The van der Waals surface area contributed by atoms with Crippen molar-refractivity contribution in [3.05, 3.63) is 66.4 Å². The quantitative estimate of drug-likeness (QED) is 0.755. The number of benzene rings is 1. The number of rotatable bonds is 4. The topological polar surface area (TPSA) is 54.4 Å². The summed E-state index contributed by atoms with van der Waals surface area (Å²) < 4.78 is 11.1. The highest BCUT2D eigenvalue weighted by Crippen LogP contribution is 2.34. The summed E-state index contributed by atoms with van der Waals surface area (Å²) in [7, 11) is 1.60. The number of ether oxygens (including phenoxy) is 2. The van der Waals surface area contributed by atoms with Crippen molar-refractivity contribution in [2.45, 2.75) is 0 Å². The number of amides is 1. The number of fused-ring (bicyclic) bond motifs is 1. The van der Waals surface area contributed by atoms with Crippen molar-refractivity contribution in [3.63, 3.8) is 0 Å². The highest BCUT2D eigenvalue weighted by atomic mass is 16.5. The minimum absolute atomic E-state index is 0.0482. The second-order valence-corrected chi connectivity index (χ2v) is 7.30. The maximum absolute atomic E-state index is 12.9. The summed E-state index contributed by atoms with van der Waals surface area (Å²) in [5.41, 5.74) is 1.55. The summed E-state index contributed by atoms with van der Waals surface area (Å²) in [5, 5.41) is 0. The minimum atomic E-state index is 0.0482. The maximum Gasteiger partial charge on any atom is 0.292 e. The SMILES string of the molecule is C=C/C=C\C=C1/COC(N2CC3CN(C(=O)c4ccccc4OC)CC3C2)=N1. The number of amidine groups is 1. The number of aliphatic imine (C=N–C) groups is 1. The molecule has 3 aliphatic rings. The van der Waals surface area contributed by atoms with Crippen LogP contribution in [0.2, 0.25) is 0 Å². The first-order valence-corrected chi connectivity index (χ1v) is 9.56. The fraction of sp³-hybridized carbons (Fsp3) is 0.364. The summed E-state index contributed by atoms with van der Waals surface area (Å²) >= 11 is 0. The number of carbonyl (C=O) groups is 1. The van der Waals surface area contributed by atoms with Gasteiger partial charge in [-0.05, 0) is 18.2 Å². The van der Waals surface area contributed by atoms with Gasteiger partial charge in [-0.25, -0.2) is 0 Å². The van der Waals surface area contributed by atoms with E-state index in [1.165, 1.54) is 0 Å². The molecule has 28 heavy (non-hydrogen) atoms. The van der Waals surface area contributed by atoms with Crippen molar-refractivity contribution >= 4 is 11.9 Å². The lowest BCUT2D eigenvalue weighted by molar-refractivity contribution is 0.0774. The van der Waals surface area contributed by atoms with Crippen LogP contribution in [0.3, 0.4) is 0 Å². The van der Waals surface area contributed by atoms with E-state index in [1.807, 2.05) is 47.4 Å². The van der Waals surface area contributed by atoms with Gasteiger partial charge in [-0.15, -0.1) is 0 Å². The van der Waals surface area contributed by atoms with Crippen LogP contribution in [0.25, 0.3) is 0 Å². The molecule has 146 valence electrons. The summed E-state index contributed by atoms with van der Waals surface area (Å²) in [4.78, 5) is 21.7. The monoisotopic (exact) mass is 379 g/mol. The molecule has 0 spiro atoms. The predicted octanol–water partition coefficient (Wildman–Crippen LogP) is 2.71. The highest BCUT2D eigenvalue weighted by Gasteiger charge is 2.43. The second-order valence-electron chi connectivity index (χ2n) is 7.30. The van der Waals surface area contributed by atoms with E-state index < -0.39 is 0 Å². The molecule has 1 aromatic carbocycles. The third-order valence-corrected chi connectivity index (χ3v) is 5.51. The molecule has 0 radical (unpaired) electrons. The molecule has 1 aromatic rings. The zero-order valence-corrected chi connectivity index (χ0v) is 16.1. The predicted molar refractivity (Wildman–Crippen MR) is 108 cm³/mol. The molecule has 0 aromatic heterocycles. The van der Waals surface area contributed by atoms with Gasteiger partial charge in [-0.2, -0.15) is 4.99 Å². The van der Waals surface area contributed by atoms with E-state index in [9.17, 15) is 4.79 Å². The first kappa shape index (κ1) is 18.3. The van der Waals surface area contributed by atoms with Crippen LogP contribution < -0.4 is 4.74 Å². The minimum Gasteiger partial charge on any atom is -0.496 e. The third kappa shape index (κ3) is 3.54. The molecule has 0 saturated carbocycles. The van der Waals surface area contributed by atoms with Gasteiger partial charge < -0.3 is 19.3 Å². The Hall–Kier alpha value is -3.02. The molecule has 6 heteroatoms. The third-order valence-electron chi connectivity index (χ3n) is 5.51. The van der Waals surface area contributed by atoms with E-state index in [1.54, 1.807) is 13.2 Å². The van der Waals surface area contributed by atoms with E-state index in [-0.39, 0.29) is 5.91 Å². The zero-order valence-electron chi connectivity index (χ0n) is 16.1. The number of para-hydroxylation sites is 1. The van der Waals surface area contributed by atoms with Gasteiger partial charge in [0.15, 0.2) is 0 Å². The van der Waals surface area contributed by atoms with Crippen LogP contribution in [-0.2, 0) is 4.74 Å². The van der Waals surface area contributed by atoms with Crippen molar-refractivity contribution < 1.29 is 14.3 Å². The van der Waals surface area contributed by atoms with Crippen LogP contribution in [-0.4, -0.2) is 61.6 Å². The fourth-order valence-electron chi connectivity index (χ4n) is 4.13. The Morgan fingerprint density at radius 3 is 2.68 bits per heavy atom. The van der Waals surface area contributed by atoms with Crippen LogP contribution in [0, 0.1) is 11.8 Å².